The average Bonchev–Trinajstić information content (AvgIpc) is 2.32. The summed E-state index contributed by atoms with van der Waals surface area (Å²) in [5.74, 6) is 1.20. The zero-order valence-electron chi connectivity index (χ0n) is 11.6. The van der Waals surface area contributed by atoms with E-state index in [0.29, 0.717) is 0 Å². The smallest absolute Gasteiger partial charge is 0.156 e. The Bertz CT molecular complexity index is 175. The van der Waals surface area contributed by atoms with Crippen molar-refractivity contribution in [3.8, 4) is 0 Å². The first-order valence-corrected chi connectivity index (χ1v) is 7.61. The van der Waals surface area contributed by atoms with Gasteiger partial charge < -0.3 is 5.32 Å². The maximum absolute atomic E-state index is 4.14. The van der Waals surface area contributed by atoms with Crippen molar-refractivity contribution in [3.05, 3.63) is 0 Å². The van der Waals surface area contributed by atoms with Gasteiger partial charge in [0.1, 0.15) is 0 Å². The van der Waals surface area contributed by atoms with Crippen molar-refractivity contribution in [1.82, 2.24) is 5.32 Å². The predicted molar refractivity (Wildman–Crippen MR) is 92.9 cm³/mol. The Morgan fingerprint density at radius 2 is 1.53 bits per heavy atom. The molecule has 0 aliphatic heterocycles. The molecular formula is C13H29IN2S. The lowest BCUT2D eigenvalue weighted by molar-refractivity contribution is 0.586. The second-order valence-corrected chi connectivity index (χ2v) is 5.19. The highest BCUT2D eigenvalue weighted by Crippen LogP contribution is 2.11. The SMILES string of the molecule is CCCCCCCCCCSC(=NC)NC.I. The van der Waals surface area contributed by atoms with Gasteiger partial charge in [0.05, 0.1) is 0 Å². The molecule has 0 aliphatic rings. The van der Waals surface area contributed by atoms with Crippen LogP contribution in [0.2, 0.25) is 0 Å². The Balaban J connectivity index is 0. The normalized spacial score (nSPS) is 11.1. The third-order valence-corrected chi connectivity index (χ3v) is 3.81. The fraction of sp³-hybridized carbons (Fsp3) is 0.923. The molecule has 0 aromatic carbocycles. The van der Waals surface area contributed by atoms with Crippen LogP contribution >= 0.6 is 35.7 Å². The van der Waals surface area contributed by atoms with Gasteiger partial charge in [0.2, 0.25) is 0 Å². The number of hydrogen-bond acceptors (Lipinski definition) is 2. The monoisotopic (exact) mass is 372 g/mol. The van der Waals surface area contributed by atoms with Crippen LogP contribution in [-0.4, -0.2) is 25.0 Å². The van der Waals surface area contributed by atoms with Crippen molar-refractivity contribution in [3.63, 3.8) is 0 Å². The Hall–Kier alpha value is 0.550. The third-order valence-electron chi connectivity index (χ3n) is 2.65. The largest absolute Gasteiger partial charge is 0.368 e. The molecule has 0 fully saturated rings. The molecule has 2 nitrogen and oxygen atoms in total. The molecule has 0 heterocycles. The van der Waals surface area contributed by atoms with Crippen LogP contribution in [0.5, 0.6) is 0 Å². The van der Waals surface area contributed by atoms with Gasteiger partial charge in [-0.1, -0.05) is 63.6 Å². The Morgan fingerprint density at radius 1 is 1.00 bits per heavy atom. The molecule has 0 rings (SSSR count). The number of unbranched alkanes of at least 4 members (excludes halogenated alkanes) is 7. The Morgan fingerprint density at radius 3 is 2.00 bits per heavy atom. The molecule has 0 radical (unpaired) electrons. The predicted octanol–water partition coefficient (Wildman–Crippen LogP) is 4.68. The van der Waals surface area contributed by atoms with E-state index in [-0.39, 0.29) is 24.0 Å². The van der Waals surface area contributed by atoms with Gasteiger partial charge in [-0.15, -0.1) is 24.0 Å². The summed E-state index contributed by atoms with van der Waals surface area (Å²) in [6.45, 7) is 2.27. The number of rotatable bonds is 9. The first-order chi connectivity index (χ1) is 7.85. The third kappa shape index (κ3) is 14.5. The fourth-order valence-electron chi connectivity index (χ4n) is 1.65. The van der Waals surface area contributed by atoms with Gasteiger partial charge in [-0.3, -0.25) is 4.99 Å². The second-order valence-electron chi connectivity index (χ2n) is 4.10. The molecule has 104 valence electrons. The van der Waals surface area contributed by atoms with E-state index in [0.717, 1.165) is 5.17 Å². The van der Waals surface area contributed by atoms with E-state index in [1.54, 1.807) is 0 Å². The van der Waals surface area contributed by atoms with Gasteiger partial charge in [-0.2, -0.15) is 0 Å². The van der Waals surface area contributed by atoms with Crippen LogP contribution in [0.3, 0.4) is 0 Å². The molecule has 4 heteroatoms. The zero-order chi connectivity index (χ0) is 12.1. The lowest BCUT2D eigenvalue weighted by Gasteiger charge is -2.04. The molecule has 0 saturated heterocycles. The van der Waals surface area contributed by atoms with Crippen molar-refractivity contribution in [2.24, 2.45) is 4.99 Å². The molecule has 17 heavy (non-hydrogen) atoms. The fourth-order valence-corrected chi connectivity index (χ4v) is 2.47. The molecule has 1 N–H and O–H groups in total. The summed E-state index contributed by atoms with van der Waals surface area (Å²) >= 11 is 1.83. The first kappa shape index (κ1) is 19.9. The summed E-state index contributed by atoms with van der Waals surface area (Å²) in [5, 5.41) is 4.15. The lowest BCUT2D eigenvalue weighted by atomic mass is 10.1. The van der Waals surface area contributed by atoms with E-state index in [9.17, 15) is 0 Å². The summed E-state index contributed by atoms with van der Waals surface area (Å²) in [4.78, 5) is 4.14. The maximum atomic E-state index is 4.14. The minimum atomic E-state index is 0. The zero-order valence-corrected chi connectivity index (χ0v) is 14.8. The molecule has 0 spiro atoms. The summed E-state index contributed by atoms with van der Waals surface area (Å²) in [5.41, 5.74) is 0. The summed E-state index contributed by atoms with van der Waals surface area (Å²) < 4.78 is 0. The van der Waals surface area contributed by atoms with Gasteiger partial charge in [-0.05, 0) is 6.42 Å². The van der Waals surface area contributed by atoms with Crippen molar-refractivity contribution >= 4 is 40.9 Å². The highest BCUT2D eigenvalue weighted by Gasteiger charge is 1.96. The van der Waals surface area contributed by atoms with Gasteiger partial charge in [0, 0.05) is 19.8 Å². The van der Waals surface area contributed by atoms with Gasteiger partial charge >= 0.3 is 0 Å². The minimum Gasteiger partial charge on any atom is -0.368 e. The number of nitrogens with zero attached hydrogens (tertiary/aromatic N) is 1. The molecule has 0 aliphatic carbocycles. The van der Waals surface area contributed by atoms with E-state index < -0.39 is 0 Å². The number of halogens is 1. The second kappa shape index (κ2) is 16.6. The molecule has 0 bridgehead atoms. The summed E-state index contributed by atoms with van der Waals surface area (Å²) in [6, 6.07) is 0. The Kier molecular flexibility index (Phi) is 19.4. The van der Waals surface area contributed by atoms with Crippen LogP contribution in [0.1, 0.15) is 58.3 Å². The van der Waals surface area contributed by atoms with Gasteiger partial charge in [0.15, 0.2) is 5.17 Å². The quantitative estimate of drug-likeness (QED) is 0.275. The standard InChI is InChI=1S/C13H28N2S.HI/c1-4-5-6-7-8-9-10-11-12-16-13(14-2)15-3;/h4-12H2,1-3H3,(H,14,15);1H. The molecule has 0 aromatic rings. The summed E-state index contributed by atoms with van der Waals surface area (Å²) in [7, 11) is 3.77. The number of thioether (sulfide) groups is 1. The maximum Gasteiger partial charge on any atom is 0.156 e. The van der Waals surface area contributed by atoms with Crippen molar-refractivity contribution in [2.75, 3.05) is 19.8 Å². The molecular weight excluding hydrogens is 343 g/mol. The van der Waals surface area contributed by atoms with Crippen LogP contribution in [0.25, 0.3) is 0 Å². The van der Waals surface area contributed by atoms with Gasteiger partial charge in [-0.25, -0.2) is 0 Å². The molecule has 0 atom stereocenters. The topological polar surface area (TPSA) is 24.4 Å². The summed E-state index contributed by atoms with van der Waals surface area (Å²) in [6.07, 6.45) is 11.1. The van der Waals surface area contributed by atoms with Crippen molar-refractivity contribution in [1.29, 1.82) is 0 Å². The minimum absolute atomic E-state index is 0. The van der Waals surface area contributed by atoms with E-state index in [1.807, 2.05) is 25.9 Å². The molecule has 0 amide bonds. The van der Waals surface area contributed by atoms with Crippen molar-refractivity contribution < 1.29 is 0 Å². The van der Waals surface area contributed by atoms with Gasteiger partial charge in [0.25, 0.3) is 0 Å². The average molecular weight is 372 g/mol. The van der Waals surface area contributed by atoms with E-state index in [2.05, 4.69) is 17.2 Å². The molecule has 0 aromatic heterocycles. The lowest BCUT2D eigenvalue weighted by Crippen LogP contribution is -2.14. The number of aliphatic imine (C=N–C) groups is 1. The number of hydrogen-bond donors (Lipinski definition) is 1. The van der Waals surface area contributed by atoms with Crippen LogP contribution in [0.15, 0.2) is 4.99 Å². The highest BCUT2D eigenvalue weighted by molar-refractivity contribution is 14.0. The van der Waals surface area contributed by atoms with Crippen molar-refractivity contribution in [2.45, 2.75) is 58.3 Å². The van der Waals surface area contributed by atoms with Crippen LogP contribution < -0.4 is 5.32 Å². The molecule has 0 saturated carbocycles. The van der Waals surface area contributed by atoms with E-state index in [1.165, 1.54) is 57.1 Å². The van der Waals surface area contributed by atoms with Crippen LogP contribution in [-0.2, 0) is 0 Å². The van der Waals surface area contributed by atoms with Crippen LogP contribution in [0.4, 0.5) is 0 Å². The van der Waals surface area contributed by atoms with E-state index in [4.69, 9.17) is 0 Å². The Labute approximate surface area is 129 Å². The first-order valence-electron chi connectivity index (χ1n) is 6.62. The number of nitrogens with one attached hydrogen (secondary N) is 1. The number of amidine groups is 1. The molecule has 0 unspecified atom stereocenters. The van der Waals surface area contributed by atoms with Crippen LogP contribution in [0, 0.1) is 0 Å². The van der Waals surface area contributed by atoms with E-state index >= 15 is 0 Å². The highest BCUT2D eigenvalue weighted by atomic mass is 127.